The minimum Gasteiger partial charge on any atom is -0.462 e. The molecule has 0 spiro atoms. The van der Waals surface area contributed by atoms with Gasteiger partial charge < -0.3 is 14.9 Å². The second kappa shape index (κ2) is 5.87. The van der Waals surface area contributed by atoms with Crippen LogP contribution in [0, 0.1) is 0 Å². The van der Waals surface area contributed by atoms with Crippen molar-refractivity contribution in [2.24, 2.45) is 5.73 Å². The van der Waals surface area contributed by atoms with Gasteiger partial charge in [-0.2, -0.15) is 0 Å². The van der Waals surface area contributed by atoms with E-state index in [2.05, 4.69) is 0 Å². The molecular formula is C13H14ClNO2. The van der Waals surface area contributed by atoms with Crippen LogP contribution in [0.25, 0.3) is 0 Å². The molecule has 1 heterocycles. The Balaban J connectivity index is 1.85. The molecule has 0 atom stereocenters. The Morgan fingerprint density at radius 1 is 1.06 bits per heavy atom. The Hall–Kier alpha value is -1.29. The summed E-state index contributed by atoms with van der Waals surface area (Å²) in [4.78, 5) is 0. The first-order valence-corrected chi connectivity index (χ1v) is 5.76. The first-order chi connectivity index (χ1) is 8.29. The maximum absolute atomic E-state index is 6.01. The molecule has 0 fully saturated rings. The van der Waals surface area contributed by atoms with Crippen molar-refractivity contribution < 1.29 is 9.15 Å². The molecule has 0 aliphatic heterocycles. The molecule has 0 radical (unpaired) electrons. The summed E-state index contributed by atoms with van der Waals surface area (Å²) in [6, 6.07) is 11.3. The molecule has 2 rings (SSSR count). The van der Waals surface area contributed by atoms with E-state index in [1.165, 1.54) is 0 Å². The molecule has 0 amide bonds. The lowest BCUT2D eigenvalue weighted by molar-refractivity contribution is 0.0921. The topological polar surface area (TPSA) is 48.4 Å². The highest BCUT2D eigenvalue weighted by molar-refractivity contribution is 6.31. The number of nitrogens with two attached hydrogens (primary N) is 1. The maximum atomic E-state index is 6.01. The third-order valence-electron chi connectivity index (χ3n) is 2.38. The van der Waals surface area contributed by atoms with Crippen LogP contribution in [-0.4, -0.2) is 0 Å². The van der Waals surface area contributed by atoms with Crippen molar-refractivity contribution in [2.45, 2.75) is 19.8 Å². The molecule has 90 valence electrons. The number of ether oxygens (including phenoxy) is 1. The second-order valence-electron chi connectivity index (χ2n) is 3.66. The third-order valence-corrected chi connectivity index (χ3v) is 2.75. The summed E-state index contributed by atoms with van der Waals surface area (Å²) >= 11 is 6.01. The fraction of sp³-hybridized carbons (Fsp3) is 0.231. The largest absolute Gasteiger partial charge is 0.462 e. The molecule has 0 aliphatic rings. The van der Waals surface area contributed by atoms with E-state index in [1.807, 2.05) is 36.4 Å². The molecule has 17 heavy (non-hydrogen) atoms. The monoisotopic (exact) mass is 251 g/mol. The summed E-state index contributed by atoms with van der Waals surface area (Å²) in [5.74, 6) is 1.54. The Bertz CT molecular complexity index is 482. The highest BCUT2D eigenvalue weighted by Crippen LogP contribution is 2.17. The average Bonchev–Trinajstić information content (AvgIpc) is 2.80. The molecule has 0 bridgehead atoms. The molecule has 0 unspecified atom stereocenters. The van der Waals surface area contributed by atoms with Crippen LogP contribution in [-0.2, 0) is 24.5 Å². The van der Waals surface area contributed by atoms with Gasteiger partial charge in [0.1, 0.15) is 18.1 Å². The van der Waals surface area contributed by atoms with Crippen LogP contribution < -0.4 is 5.73 Å². The number of furan rings is 1. The van der Waals surface area contributed by atoms with Crippen LogP contribution in [0.3, 0.4) is 0 Å². The van der Waals surface area contributed by atoms with E-state index >= 15 is 0 Å². The van der Waals surface area contributed by atoms with Gasteiger partial charge in [0.15, 0.2) is 0 Å². The van der Waals surface area contributed by atoms with E-state index < -0.39 is 0 Å². The van der Waals surface area contributed by atoms with E-state index in [1.54, 1.807) is 0 Å². The van der Waals surface area contributed by atoms with Gasteiger partial charge in [-0.1, -0.05) is 29.8 Å². The molecule has 2 N–H and O–H groups in total. The smallest absolute Gasteiger partial charge is 0.129 e. The van der Waals surface area contributed by atoms with Gasteiger partial charge in [-0.25, -0.2) is 0 Å². The molecule has 1 aromatic heterocycles. The van der Waals surface area contributed by atoms with Crippen LogP contribution in [0.15, 0.2) is 40.8 Å². The third kappa shape index (κ3) is 3.33. The number of halogens is 1. The fourth-order valence-electron chi connectivity index (χ4n) is 1.49. The lowest BCUT2D eigenvalue weighted by Gasteiger charge is -2.04. The van der Waals surface area contributed by atoms with Crippen molar-refractivity contribution in [1.29, 1.82) is 0 Å². The van der Waals surface area contributed by atoms with E-state index in [-0.39, 0.29) is 0 Å². The van der Waals surface area contributed by atoms with Gasteiger partial charge >= 0.3 is 0 Å². The van der Waals surface area contributed by atoms with Crippen molar-refractivity contribution in [2.75, 3.05) is 0 Å². The maximum Gasteiger partial charge on any atom is 0.129 e. The Morgan fingerprint density at radius 2 is 1.82 bits per heavy atom. The van der Waals surface area contributed by atoms with Gasteiger partial charge in [-0.3, -0.25) is 0 Å². The summed E-state index contributed by atoms with van der Waals surface area (Å²) in [7, 11) is 0. The number of benzene rings is 1. The molecule has 2 aromatic rings. The van der Waals surface area contributed by atoms with Gasteiger partial charge in [0.2, 0.25) is 0 Å². The normalized spacial score (nSPS) is 10.7. The highest BCUT2D eigenvalue weighted by Gasteiger charge is 2.02. The van der Waals surface area contributed by atoms with E-state index in [0.29, 0.717) is 19.8 Å². The van der Waals surface area contributed by atoms with E-state index in [0.717, 1.165) is 22.1 Å². The van der Waals surface area contributed by atoms with Crippen LogP contribution in [0.5, 0.6) is 0 Å². The van der Waals surface area contributed by atoms with Crippen molar-refractivity contribution in [3.8, 4) is 0 Å². The summed E-state index contributed by atoms with van der Waals surface area (Å²) in [5, 5.41) is 0.717. The Morgan fingerprint density at radius 3 is 2.53 bits per heavy atom. The quantitative estimate of drug-likeness (QED) is 0.888. The number of hydrogen-bond donors (Lipinski definition) is 1. The van der Waals surface area contributed by atoms with Crippen LogP contribution in [0.1, 0.15) is 17.1 Å². The van der Waals surface area contributed by atoms with Gasteiger partial charge in [0.25, 0.3) is 0 Å². The molecular weight excluding hydrogens is 238 g/mol. The zero-order chi connectivity index (χ0) is 12.1. The summed E-state index contributed by atoms with van der Waals surface area (Å²) < 4.78 is 10.9. The van der Waals surface area contributed by atoms with Crippen LogP contribution in [0.2, 0.25) is 5.02 Å². The first kappa shape index (κ1) is 12.2. The standard InChI is InChI=1S/C13H14ClNO2/c14-13-4-2-1-3-10(13)8-16-9-12-6-5-11(7-15)17-12/h1-6H,7-9,15H2. The van der Waals surface area contributed by atoms with Crippen molar-refractivity contribution >= 4 is 11.6 Å². The minimum absolute atomic E-state index is 0.407. The summed E-state index contributed by atoms with van der Waals surface area (Å²) in [6.45, 7) is 1.30. The SMILES string of the molecule is NCc1ccc(COCc2ccccc2Cl)o1. The zero-order valence-electron chi connectivity index (χ0n) is 9.36. The molecule has 4 heteroatoms. The van der Waals surface area contributed by atoms with Gasteiger partial charge in [-0.15, -0.1) is 0 Å². The van der Waals surface area contributed by atoms with Gasteiger partial charge in [0, 0.05) is 5.02 Å². The van der Waals surface area contributed by atoms with Crippen molar-refractivity contribution in [3.63, 3.8) is 0 Å². The fourth-order valence-corrected chi connectivity index (χ4v) is 1.68. The van der Waals surface area contributed by atoms with E-state index in [9.17, 15) is 0 Å². The average molecular weight is 252 g/mol. The van der Waals surface area contributed by atoms with Crippen molar-refractivity contribution in [1.82, 2.24) is 0 Å². The number of hydrogen-bond acceptors (Lipinski definition) is 3. The summed E-state index contributed by atoms with van der Waals surface area (Å²) in [6.07, 6.45) is 0. The summed E-state index contributed by atoms with van der Waals surface area (Å²) in [5.41, 5.74) is 6.42. The molecule has 0 saturated carbocycles. The number of rotatable bonds is 5. The zero-order valence-corrected chi connectivity index (χ0v) is 10.1. The lowest BCUT2D eigenvalue weighted by Crippen LogP contribution is -1.95. The predicted molar refractivity (Wildman–Crippen MR) is 66.5 cm³/mol. The highest BCUT2D eigenvalue weighted by atomic mass is 35.5. The lowest BCUT2D eigenvalue weighted by atomic mass is 10.2. The van der Waals surface area contributed by atoms with Gasteiger partial charge in [-0.05, 0) is 23.8 Å². The molecule has 0 aliphatic carbocycles. The molecule has 0 saturated heterocycles. The minimum atomic E-state index is 0.407. The van der Waals surface area contributed by atoms with Crippen LogP contribution in [0.4, 0.5) is 0 Å². The van der Waals surface area contributed by atoms with Crippen LogP contribution >= 0.6 is 11.6 Å². The Kier molecular flexibility index (Phi) is 4.20. The first-order valence-electron chi connectivity index (χ1n) is 5.38. The van der Waals surface area contributed by atoms with Gasteiger partial charge in [0.05, 0.1) is 13.2 Å². The molecule has 1 aromatic carbocycles. The molecule has 3 nitrogen and oxygen atoms in total. The van der Waals surface area contributed by atoms with E-state index in [4.69, 9.17) is 26.5 Å². The Labute approximate surface area is 105 Å². The second-order valence-corrected chi connectivity index (χ2v) is 4.06. The predicted octanol–water partition coefficient (Wildman–Crippen LogP) is 3.11. The van der Waals surface area contributed by atoms with Crippen molar-refractivity contribution in [3.05, 3.63) is 58.5 Å².